The minimum absolute atomic E-state index is 0.107. The summed E-state index contributed by atoms with van der Waals surface area (Å²) in [6.07, 6.45) is 4.50. The van der Waals surface area contributed by atoms with E-state index in [-0.39, 0.29) is 30.7 Å². The first-order valence-electron chi connectivity index (χ1n) is 9.83. The molecule has 0 radical (unpaired) electrons. The molecule has 0 spiro atoms. The Hall–Kier alpha value is -2.68. The molecule has 0 bridgehead atoms. The Morgan fingerprint density at radius 1 is 1.20 bits per heavy atom. The van der Waals surface area contributed by atoms with Crippen LogP contribution in [0.2, 0.25) is 5.02 Å². The summed E-state index contributed by atoms with van der Waals surface area (Å²) in [7, 11) is 0. The molecule has 0 saturated carbocycles. The number of nitrogens with one attached hydrogen (secondary N) is 3. The highest BCUT2D eigenvalue weighted by atomic mass is 35.5. The van der Waals surface area contributed by atoms with Gasteiger partial charge in [-0.3, -0.25) is 9.78 Å². The van der Waals surface area contributed by atoms with Gasteiger partial charge in [0.1, 0.15) is 6.10 Å². The number of urea groups is 1. The molecule has 1 aromatic heterocycles. The predicted octanol–water partition coefficient (Wildman–Crippen LogP) is 2.59. The summed E-state index contributed by atoms with van der Waals surface area (Å²) >= 11 is 5.82. The summed E-state index contributed by atoms with van der Waals surface area (Å²) in [5.74, 6) is -0.242. The molecule has 0 aliphatic carbocycles. The third-order valence-corrected chi connectivity index (χ3v) is 5.14. The van der Waals surface area contributed by atoms with Crippen LogP contribution in [0.5, 0.6) is 0 Å². The van der Waals surface area contributed by atoms with Gasteiger partial charge in [-0.1, -0.05) is 11.6 Å². The molecule has 1 aliphatic rings. The highest BCUT2D eigenvalue weighted by Crippen LogP contribution is 2.22. The van der Waals surface area contributed by atoms with Crippen LogP contribution in [0.4, 0.5) is 10.5 Å². The number of hydrogen-bond acceptors (Lipinski definition) is 5. The van der Waals surface area contributed by atoms with E-state index in [2.05, 4.69) is 20.9 Å². The van der Waals surface area contributed by atoms with Gasteiger partial charge in [0, 0.05) is 29.6 Å². The van der Waals surface area contributed by atoms with Gasteiger partial charge in [-0.05, 0) is 55.7 Å². The molecule has 1 saturated heterocycles. The first kappa shape index (κ1) is 22.0. The van der Waals surface area contributed by atoms with Crippen LogP contribution in [0.15, 0.2) is 48.8 Å². The van der Waals surface area contributed by atoms with E-state index in [0.29, 0.717) is 35.7 Å². The van der Waals surface area contributed by atoms with Gasteiger partial charge in [-0.15, -0.1) is 0 Å². The Morgan fingerprint density at radius 3 is 2.70 bits per heavy atom. The number of halogens is 1. The molecule has 3 atom stereocenters. The third-order valence-electron chi connectivity index (χ3n) is 4.89. The van der Waals surface area contributed by atoms with Gasteiger partial charge in [0.25, 0.3) is 5.91 Å². The van der Waals surface area contributed by atoms with Crippen molar-refractivity contribution >= 4 is 29.2 Å². The van der Waals surface area contributed by atoms with Crippen molar-refractivity contribution in [3.63, 3.8) is 0 Å². The van der Waals surface area contributed by atoms with Crippen LogP contribution in [0, 0.1) is 0 Å². The number of carbonyl (C=O) groups is 2. The van der Waals surface area contributed by atoms with E-state index in [9.17, 15) is 14.7 Å². The number of hydrogen-bond donors (Lipinski definition) is 4. The minimum Gasteiger partial charge on any atom is -0.394 e. The van der Waals surface area contributed by atoms with E-state index in [1.54, 1.807) is 42.6 Å². The van der Waals surface area contributed by atoms with Crippen molar-refractivity contribution in [2.24, 2.45) is 0 Å². The minimum atomic E-state index is -0.493. The summed E-state index contributed by atoms with van der Waals surface area (Å²) in [4.78, 5) is 28.2. The third kappa shape index (κ3) is 6.41. The first-order chi connectivity index (χ1) is 14.5. The van der Waals surface area contributed by atoms with Crippen molar-refractivity contribution in [3.05, 3.63) is 59.4 Å². The number of aromatic nitrogens is 1. The molecule has 1 aliphatic heterocycles. The SMILES string of the molecule is O=C(NCC[C@@H]1CC[C@H](NC(=O)c2cccnc2)[C@@H](CO)O1)Nc1ccc(Cl)cc1. The number of ether oxygens (including phenoxy) is 1. The zero-order chi connectivity index (χ0) is 21.3. The zero-order valence-corrected chi connectivity index (χ0v) is 17.1. The molecule has 1 aromatic carbocycles. The number of nitrogens with zero attached hydrogens (tertiary/aromatic N) is 1. The van der Waals surface area contributed by atoms with Gasteiger partial charge in [-0.25, -0.2) is 4.79 Å². The van der Waals surface area contributed by atoms with E-state index < -0.39 is 6.10 Å². The number of benzene rings is 1. The summed E-state index contributed by atoms with van der Waals surface area (Å²) in [6.45, 7) is 0.230. The standard InChI is InChI=1S/C21H25ClN4O4/c22-15-3-5-16(6-4-15)25-21(29)24-11-9-17-7-8-18(19(13-27)30-17)26-20(28)14-2-1-10-23-12-14/h1-6,10,12,17-19,27H,7-9,11,13H2,(H,26,28)(H2,24,25,29)/t17-,18-,19+/m0/s1. The quantitative estimate of drug-likeness (QED) is 0.537. The molecule has 30 heavy (non-hydrogen) atoms. The second-order valence-corrected chi connectivity index (χ2v) is 7.49. The van der Waals surface area contributed by atoms with Gasteiger partial charge in [0.05, 0.1) is 24.3 Å². The van der Waals surface area contributed by atoms with Crippen LogP contribution in [0.25, 0.3) is 0 Å². The lowest BCUT2D eigenvalue weighted by Crippen LogP contribution is -2.51. The average Bonchev–Trinajstić information content (AvgIpc) is 2.77. The molecule has 2 aromatic rings. The van der Waals surface area contributed by atoms with Gasteiger partial charge < -0.3 is 25.8 Å². The van der Waals surface area contributed by atoms with Crippen molar-refractivity contribution in [2.45, 2.75) is 37.5 Å². The predicted molar refractivity (Wildman–Crippen MR) is 114 cm³/mol. The number of pyridine rings is 1. The normalized spacial score (nSPS) is 20.9. The Bertz CT molecular complexity index is 835. The first-order valence-corrected chi connectivity index (χ1v) is 10.2. The Balaban J connectivity index is 1.40. The molecule has 1 fully saturated rings. The molecular formula is C21H25ClN4O4. The van der Waals surface area contributed by atoms with Crippen molar-refractivity contribution in [1.29, 1.82) is 0 Å². The molecule has 9 heteroatoms. The molecule has 8 nitrogen and oxygen atoms in total. The fourth-order valence-electron chi connectivity index (χ4n) is 3.31. The average molecular weight is 433 g/mol. The molecule has 2 heterocycles. The zero-order valence-electron chi connectivity index (χ0n) is 16.4. The van der Waals surface area contributed by atoms with Crippen LogP contribution in [0.1, 0.15) is 29.6 Å². The van der Waals surface area contributed by atoms with Crippen LogP contribution >= 0.6 is 11.6 Å². The molecule has 4 N–H and O–H groups in total. The lowest BCUT2D eigenvalue weighted by Gasteiger charge is -2.36. The summed E-state index contributed by atoms with van der Waals surface area (Å²) in [5, 5.41) is 18.7. The van der Waals surface area contributed by atoms with Crippen molar-refractivity contribution in [2.75, 3.05) is 18.5 Å². The van der Waals surface area contributed by atoms with E-state index in [0.717, 1.165) is 6.42 Å². The number of aliphatic hydroxyl groups excluding tert-OH is 1. The summed E-state index contributed by atoms with van der Waals surface area (Å²) < 4.78 is 5.93. The molecular weight excluding hydrogens is 408 g/mol. The molecule has 3 rings (SSSR count). The van der Waals surface area contributed by atoms with E-state index in [1.165, 1.54) is 6.20 Å². The van der Waals surface area contributed by atoms with E-state index in [1.807, 2.05) is 0 Å². The number of rotatable bonds is 7. The van der Waals surface area contributed by atoms with Crippen LogP contribution < -0.4 is 16.0 Å². The molecule has 3 amide bonds. The molecule has 0 unspecified atom stereocenters. The van der Waals surface area contributed by atoms with Gasteiger partial charge in [-0.2, -0.15) is 0 Å². The number of amides is 3. The fraction of sp³-hybridized carbons (Fsp3) is 0.381. The highest BCUT2D eigenvalue weighted by Gasteiger charge is 2.32. The van der Waals surface area contributed by atoms with Gasteiger partial charge in [0.2, 0.25) is 0 Å². The van der Waals surface area contributed by atoms with Crippen molar-refractivity contribution < 1.29 is 19.4 Å². The van der Waals surface area contributed by atoms with Crippen molar-refractivity contribution in [1.82, 2.24) is 15.6 Å². The van der Waals surface area contributed by atoms with E-state index in [4.69, 9.17) is 16.3 Å². The Morgan fingerprint density at radius 2 is 2.00 bits per heavy atom. The topological polar surface area (TPSA) is 113 Å². The Labute approximate surface area is 180 Å². The largest absolute Gasteiger partial charge is 0.394 e. The number of anilines is 1. The van der Waals surface area contributed by atoms with Crippen molar-refractivity contribution in [3.8, 4) is 0 Å². The lowest BCUT2D eigenvalue weighted by molar-refractivity contribution is -0.0892. The van der Waals surface area contributed by atoms with Crippen LogP contribution in [-0.2, 0) is 4.74 Å². The monoisotopic (exact) mass is 432 g/mol. The lowest BCUT2D eigenvalue weighted by atomic mass is 9.97. The van der Waals surface area contributed by atoms with E-state index >= 15 is 0 Å². The smallest absolute Gasteiger partial charge is 0.319 e. The highest BCUT2D eigenvalue weighted by molar-refractivity contribution is 6.30. The maximum atomic E-state index is 12.3. The van der Waals surface area contributed by atoms with Crippen LogP contribution in [-0.4, -0.2) is 53.4 Å². The summed E-state index contributed by atoms with van der Waals surface area (Å²) in [5.41, 5.74) is 1.12. The second-order valence-electron chi connectivity index (χ2n) is 7.05. The fourth-order valence-corrected chi connectivity index (χ4v) is 3.44. The Kier molecular flexibility index (Phi) is 8.01. The van der Waals surface area contributed by atoms with Crippen LogP contribution in [0.3, 0.4) is 0 Å². The number of carbonyl (C=O) groups excluding carboxylic acids is 2. The summed E-state index contributed by atoms with van der Waals surface area (Å²) in [6, 6.07) is 9.63. The maximum Gasteiger partial charge on any atom is 0.319 e. The van der Waals surface area contributed by atoms with Gasteiger partial charge >= 0.3 is 6.03 Å². The second kappa shape index (κ2) is 10.9. The maximum absolute atomic E-state index is 12.3. The van der Waals surface area contributed by atoms with Gasteiger partial charge in [0.15, 0.2) is 0 Å². The molecule has 160 valence electrons. The number of aliphatic hydroxyl groups is 1.